The van der Waals surface area contributed by atoms with E-state index < -0.39 is 6.10 Å². The zero-order chi connectivity index (χ0) is 21.4. The van der Waals surface area contributed by atoms with Crippen LogP contribution < -0.4 is 0 Å². The van der Waals surface area contributed by atoms with Gasteiger partial charge in [-0.3, -0.25) is 4.98 Å². The number of benzene rings is 2. The van der Waals surface area contributed by atoms with Crippen molar-refractivity contribution in [2.75, 3.05) is 0 Å². The molecule has 156 valence electrons. The summed E-state index contributed by atoms with van der Waals surface area (Å²) < 4.78 is 11.6. The molecule has 0 radical (unpaired) electrons. The summed E-state index contributed by atoms with van der Waals surface area (Å²) in [7, 11) is 0. The third-order valence-corrected chi connectivity index (χ3v) is 5.71. The quantitative estimate of drug-likeness (QED) is 0.418. The van der Waals surface area contributed by atoms with Gasteiger partial charge in [-0.1, -0.05) is 35.9 Å². The van der Waals surface area contributed by atoms with Gasteiger partial charge >= 0.3 is 5.97 Å². The van der Waals surface area contributed by atoms with Crippen LogP contribution in [-0.4, -0.2) is 21.2 Å². The van der Waals surface area contributed by atoms with Crippen LogP contribution in [0.5, 0.6) is 0 Å². The second kappa shape index (κ2) is 7.95. The van der Waals surface area contributed by atoms with E-state index in [0.717, 1.165) is 59.0 Å². The average molecular weight is 413 g/mol. The van der Waals surface area contributed by atoms with Gasteiger partial charge in [0.1, 0.15) is 0 Å². The molecule has 5 rings (SSSR count). The van der Waals surface area contributed by atoms with Crippen LogP contribution in [-0.2, 0) is 17.6 Å². The van der Waals surface area contributed by atoms with E-state index in [2.05, 4.69) is 10.2 Å². The fraction of sp³-hybridized carbons (Fsp3) is 0.280. The standard InChI is InChI=1S/C25H23N3O3/c1-15-8-7-9-17(14-15)24-28-27-23(31-24)16(2)30-25(29)22-18-10-3-5-12-20(18)26-21-13-6-4-11-19(21)22/h3,5,7-10,12,14,16H,4,6,11,13H2,1-2H3. The molecule has 1 unspecified atom stereocenters. The molecule has 31 heavy (non-hydrogen) atoms. The Balaban J connectivity index is 1.45. The lowest BCUT2D eigenvalue weighted by Crippen LogP contribution is -2.17. The number of pyridine rings is 1. The Kier molecular flexibility index (Phi) is 4.98. The lowest BCUT2D eigenvalue weighted by Gasteiger charge is -2.20. The number of ether oxygens (including phenoxy) is 1. The molecule has 2 aromatic heterocycles. The van der Waals surface area contributed by atoms with Crippen LogP contribution in [0.15, 0.2) is 52.9 Å². The molecule has 1 aliphatic carbocycles. The Labute approximate surface area is 180 Å². The molecule has 4 aromatic rings. The number of carbonyl (C=O) groups is 1. The minimum absolute atomic E-state index is 0.275. The largest absolute Gasteiger partial charge is 0.449 e. The SMILES string of the molecule is Cc1cccc(-c2nnc(C(C)OC(=O)c3c4c(nc5ccccc35)CCCC4)o2)c1. The van der Waals surface area contributed by atoms with Crippen molar-refractivity contribution in [3.8, 4) is 11.5 Å². The summed E-state index contributed by atoms with van der Waals surface area (Å²) in [5.41, 5.74) is 5.39. The zero-order valence-electron chi connectivity index (χ0n) is 17.6. The molecule has 0 aliphatic heterocycles. The Morgan fingerprint density at radius 2 is 1.90 bits per heavy atom. The van der Waals surface area contributed by atoms with Crippen LogP contribution in [0.25, 0.3) is 22.4 Å². The van der Waals surface area contributed by atoms with Crippen molar-refractivity contribution in [1.82, 2.24) is 15.2 Å². The highest BCUT2D eigenvalue weighted by Gasteiger charge is 2.26. The molecule has 2 heterocycles. The number of fused-ring (bicyclic) bond motifs is 2. The van der Waals surface area contributed by atoms with E-state index in [1.165, 1.54) is 0 Å². The van der Waals surface area contributed by atoms with Crippen molar-refractivity contribution in [3.63, 3.8) is 0 Å². The van der Waals surface area contributed by atoms with Crippen molar-refractivity contribution in [2.24, 2.45) is 0 Å². The first-order valence-electron chi connectivity index (χ1n) is 10.6. The summed E-state index contributed by atoms with van der Waals surface area (Å²) in [5.74, 6) is 0.310. The number of aryl methyl sites for hydroxylation is 2. The molecule has 0 spiro atoms. The Hall–Kier alpha value is -3.54. The first-order chi connectivity index (χ1) is 15.1. The summed E-state index contributed by atoms with van der Waals surface area (Å²) in [5, 5.41) is 9.07. The van der Waals surface area contributed by atoms with Gasteiger partial charge in [0.25, 0.3) is 5.89 Å². The molecule has 1 aliphatic rings. The highest BCUT2D eigenvalue weighted by atomic mass is 16.6. The first kappa shape index (κ1) is 19.4. The summed E-state index contributed by atoms with van der Waals surface area (Å²) >= 11 is 0. The fourth-order valence-electron chi connectivity index (χ4n) is 4.17. The number of para-hydroxylation sites is 1. The summed E-state index contributed by atoms with van der Waals surface area (Å²) in [4.78, 5) is 18.1. The van der Waals surface area contributed by atoms with Crippen LogP contribution >= 0.6 is 0 Å². The minimum Gasteiger partial charge on any atom is -0.449 e. The van der Waals surface area contributed by atoms with E-state index in [1.54, 1.807) is 6.92 Å². The van der Waals surface area contributed by atoms with Crippen LogP contribution in [0.2, 0.25) is 0 Å². The normalized spacial score (nSPS) is 14.3. The van der Waals surface area contributed by atoms with Gasteiger partial charge in [-0.2, -0.15) is 0 Å². The number of hydrogen-bond donors (Lipinski definition) is 0. The van der Waals surface area contributed by atoms with Crippen LogP contribution in [0, 0.1) is 6.92 Å². The van der Waals surface area contributed by atoms with Crippen LogP contribution in [0.1, 0.15) is 58.9 Å². The number of aromatic nitrogens is 3. The van der Waals surface area contributed by atoms with E-state index in [1.807, 2.05) is 55.5 Å². The predicted molar refractivity (Wildman–Crippen MR) is 117 cm³/mol. The number of rotatable bonds is 4. The topological polar surface area (TPSA) is 78.1 Å². The minimum atomic E-state index is -0.662. The molecule has 0 N–H and O–H groups in total. The molecule has 0 fully saturated rings. The third kappa shape index (κ3) is 3.69. The van der Waals surface area contributed by atoms with E-state index in [4.69, 9.17) is 14.1 Å². The monoisotopic (exact) mass is 413 g/mol. The van der Waals surface area contributed by atoms with Crippen LogP contribution in [0.4, 0.5) is 0 Å². The maximum atomic E-state index is 13.3. The highest BCUT2D eigenvalue weighted by Crippen LogP contribution is 2.31. The number of carbonyl (C=O) groups excluding carboxylic acids is 1. The van der Waals surface area contributed by atoms with E-state index in [9.17, 15) is 4.79 Å². The Morgan fingerprint density at radius 3 is 2.77 bits per heavy atom. The van der Waals surface area contributed by atoms with Crippen molar-refractivity contribution in [3.05, 3.63) is 76.8 Å². The molecule has 6 heteroatoms. The van der Waals surface area contributed by atoms with Crippen LogP contribution in [0.3, 0.4) is 0 Å². The molecule has 6 nitrogen and oxygen atoms in total. The van der Waals surface area contributed by atoms with Crippen molar-refractivity contribution in [1.29, 1.82) is 0 Å². The third-order valence-electron chi connectivity index (χ3n) is 5.71. The highest BCUT2D eigenvalue weighted by molar-refractivity contribution is 6.05. The van der Waals surface area contributed by atoms with Gasteiger partial charge in [-0.15, -0.1) is 10.2 Å². The summed E-state index contributed by atoms with van der Waals surface area (Å²) in [6.07, 6.45) is 3.20. The number of esters is 1. The second-order valence-corrected chi connectivity index (χ2v) is 8.00. The lowest BCUT2D eigenvalue weighted by molar-refractivity contribution is 0.0280. The van der Waals surface area contributed by atoms with E-state index >= 15 is 0 Å². The molecule has 0 amide bonds. The maximum Gasteiger partial charge on any atom is 0.339 e. The van der Waals surface area contributed by atoms with Gasteiger partial charge in [0.2, 0.25) is 5.89 Å². The second-order valence-electron chi connectivity index (χ2n) is 8.00. The van der Waals surface area contributed by atoms with Gasteiger partial charge in [0.15, 0.2) is 6.10 Å². The number of nitrogens with zero attached hydrogens (tertiary/aromatic N) is 3. The lowest BCUT2D eigenvalue weighted by atomic mass is 9.90. The average Bonchev–Trinajstić information content (AvgIpc) is 3.28. The molecule has 1 atom stereocenters. The van der Waals surface area contributed by atoms with Gasteiger partial charge in [-0.25, -0.2) is 4.79 Å². The number of hydrogen-bond acceptors (Lipinski definition) is 6. The molecule has 0 saturated carbocycles. The fourth-order valence-corrected chi connectivity index (χ4v) is 4.17. The molecule has 2 aromatic carbocycles. The summed E-state index contributed by atoms with van der Waals surface area (Å²) in [6.45, 7) is 3.76. The maximum absolute atomic E-state index is 13.3. The molecule has 0 saturated heterocycles. The van der Waals surface area contributed by atoms with Crippen molar-refractivity contribution < 1.29 is 13.9 Å². The zero-order valence-corrected chi connectivity index (χ0v) is 17.6. The van der Waals surface area contributed by atoms with Crippen molar-refractivity contribution in [2.45, 2.75) is 45.6 Å². The van der Waals surface area contributed by atoms with E-state index in [-0.39, 0.29) is 11.9 Å². The van der Waals surface area contributed by atoms with Gasteiger partial charge < -0.3 is 9.15 Å². The predicted octanol–water partition coefficient (Wildman–Crippen LogP) is 5.39. The smallest absolute Gasteiger partial charge is 0.339 e. The van der Waals surface area contributed by atoms with Gasteiger partial charge in [-0.05, 0) is 63.3 Å². The Bertz CT molecular complexity index is 1280. The molecular weight excluding hydrogens is 390 g/mol. The van der Waals surface area contributed by atoms with Crippen molar-refractivity contribution >= 4 is 16.9 Å². The Morgan fingerprint density at radius 1 is 1.06 bits per heavy atom. The molecular formula is C25H23N3O3. The van der Waals surface area contributed by atoms with Gasteiger partial charge in [0, 0.05) is 16.6 Å². The van der Waals surface area contributed by atoms with E-state index in [0.29, 0.717) is 11.5 Å². The summed E-state index contributed by atoms with van der Waals surface area (Å²) in [6, 6.07) is 15.6. The first-order valence-corrected chi connectivity index (χ1v) is 10.6. The molecule has 0 bridgehead atoms. The van der Waals surface area contributed by atoms with Gasteiger partial charge in [0.05, 0.1) is 11.1 Å².